The number of aliphatic hydroxyl groups is 1. The van der Waals surface area contributed by atoms with Crippen LogP contribution in [0.1, 0.15) is 46.8 Å². The Kier molecular flexibility index (Phi) is 3.57. The predicted octanol–water partition coefficient (Wildman–Crippen LogP) is 1.22. The van der Waals surface area contributed by atoms with Crippen molar-refractivity contribution >= 4 is 23.3 Å². The standard InChI is InChI=1S/C20H18N2O6/c1-9(2)10-6-7-11-14(8-10)28-20(27)12-4-3-5-13(21)15(12)16(23)19(11,20)22-17(24)18(25)26/h3-9,27H,21H2,1-2H3,(H,22,24)(H,25,26). The lowest BCUT2D eigenvalue weighted by molar-refractivity contribution is -0.177. The van der Waals surface area contributed by atoms with Gasteiger partial charge in [-0.3, -0.25) is 9.59 Å². The quantitative estimate of drug-likeness (QED) is 0.452. The van der Waals surface area contributed by atoms with E-state index in [0.29, 0.717) is 0 Å². The van der Waals surface area contributed by atoms with Crippen LogP contribution in [0.3, 0.4) is 0 Å². The third kappa shape index (κ3) is 2.00. The maximum Gasteiger partial charge on any atom is 0.394 e. The smallest absolute Gasteiger partial charge is 0.394 e. The van der Waals surface area contributed by atoms with Crippen LogP contribution in [0.2, 0.25) is 0 Å². The Morgan fingerprint density at radius 3 is 2.54 bits per heavy atom. The first-order valence-electron chi connectivity index (χ1n) is 8.68. The van der Waals surface area contributed by atoms with E-state index < -0.39 is 29.0 Å². The molecular weight excluding hydrogens is 364 g/mol. The molecule has 8 heteroatoms. The van der Waals surface area contributed by atoms with Crippen LogP contribution in [-0.4, -0.2) is 27.9 Å². The van der Waals surface area contributed by atoms with Gasteiger partial charge in [-0.05, 0) is 23.6 Å². The highest BCUT2D eigenvalue weighted by atomic mass is 16.6. The molecule has 1 aliphatic heterocycles. The Labute approximate surface area is 159 Å². The first-order chi connectivity index (χ1) is 13.1. The van der Waals surface area contributed by atoms with Crippen molar-refractivity contribution in [2.45, 2.75) is 31.1 Å². The predicted molar refractivity (Wildman–Crippen MR) is 97.7 cm³/mol. The lowest BCUT2D eigenvalue weighted by atomic mass is 9.82. The summed E-state index contributed by atoms with van der Waals surface area (Å²) in [6.07, 6.45) is 0. The van der Waals surface area contributed by atoms with Crippen molar-refractivity contribution in [2.75, 3.05) is 5.73 Å². The van der Waals surface area contributed by atoms with Gasteiger partial charge in [0.15, 0.2) is 0 Å². The third-order valence-electron chi connectivity index (χ3n) is 5.37. The molecule has 8 nitrogen and oxygen atoms in total. The van der Waals surface area contributed by atoms with E-state index in [4.69, 9.17) is 15.6 Å². The minimum absolute atomic E-state index is 0.00530. The molecule has 2 aromatic rings. The highest BCUT2D eigenvalue weighted by Gasteiger charge is 2.72. The maximum absolute atomic E-state index is 13.4. The number of rotatable bonds is 2. The molecule has 2 aromatic carbocycles. The molecule has 144 valence electrons. The molecule has 5 N–H and O–H groups in total. The number of ketones is 1. The van der Waals surface area contributed by atoms with Gasteiger partial charge in [-0.25, -0.2) is 4.79 Å². The molecule has 4 rings (SSSR count). The van der Waals surface area contributed by atoms with E-state index in [9.17, 15) is 19.5 Å². The van der Waals surface area contributed by atoms with Gasteiger partial charge >= 0.3 is 11.9 Å². The molecule has 0 aromatic heterocycles. The average Bonchev–Trinajstić information content (AvgIpc) is 2.99. The van der Waals surface area contributed by atoms with Crippen LogP contribution in [-0.2, 0) is 20.9 Å². The summed E-state index contributed by atoms with van der Waals surface area (Å²) in [6, 6.07) is 9.46. The van der Waals surface area contributed by atoms with Crippen molar-refractivity contribution < 1.29 is 29.3 Å². The van der Waals surface area contributed by atoms with Crippen molar-refractivity contribution in [1.82, 2.24) is 5.32 Å². The number of hydrogen-bond acceptors (Lipinski definition) is 6. The summed E-state index contributed by atoms with van der Waals surface area (Å²) in [5, 5.41) is 22.8. The van der Waals surface area contributed by atoms with E-state index in [-0.39, 0.29) is 34.0 Å². The number of carbonyl (C=O) groups excluding carboxylic acids is 2. The molecule has 0 spiro atoms. The van der Waals surface area contributed by atoms with Crippen LogP contribution in [0, 0.1) is 0 Å². The number of Topliss-reactive ketones (excluding diaryl/α,β-unsaturated/α-hetero) is 1. The number of ether oxygens (including phenoxy) is 1. The van der Waals surface area contributed by atoms with E-state index in [1.807, 2.05) is 13.8 Å². The summed E-state index contributed by atoms with van der Waals surface area (Å²) in [5.74, 6) is -5.94. The van der Waals surface area contributed by atoms with Gasteiger partial charge in [0, 0.05) is 16.8 Å². The van der Waals surface area contributed by atoms with Crippen molar-refractivity contribution in [1.29, 1.82) is 0 Å². The number of carbonyl (C=O) groups is 3. The number of carboxylic acids is 1. The van der Waals surface area contributed by atoms with Crippen LogP contribution in [0.25, 0.3) is 0 Å². The summed E-state index contributed by atoms with van der Waals surface area (Å²) in [7, 11) is 0. The zero-order chi connectivity index (χ0) is 20.4. The van der Waals surface area contributed by atoms with E-state index in [0.717, 1.165) is 5.56 Å². The summed E-state index contributed by atoms with van der Waals surface area (Å²) in [4.78, 5) is 36.7. The van der Waals surface area contributed by atoms with Gasteiger partial charge in [-0.1, -0.05) is 38.1 Å². The van der Waals surface area contributed by atoms with Crippen LogP contribution in [0.15, 0.2) is 36.4 Å². The molecule has 0 bridgehead atoms. The second kappa shape index (κ2) is 5.56. The fourth-order valence-corrected chi connectivity index (χ4v) is 3.97. The number of amides is 1. The maximum atomic E-state index is 13.4. The Morgan fingerprint density at radius 2 is 1.89 bits per heavy atom. The highest BCUT2D eigenvalue weighted by molar-refractivity contribution is 6.33. The van der Waals surface area contributed by atoms with Gasteiger partial charge in [0.2, 0.25) is 11.3 Å². The summed E-state index contributed by atoms with van der Waals surface area (Å²) >= 11 is 0. The zero-order valence-electron chi connectivity index (χ0n) is 15.1. The molecule has 0 saturated carbocycles. The SMILES string of the molecule is CC(C)c1ccc2c(c1)OC1(O)c3cccc(N)c3C(=O)C21NC(=O)C(=O)O. The van der Waals surface area contributed by atoms with Gasteiger partial charge < -0.3 is 26.0 Å². The van der Waals surface area contributed by atoms with Crippen LogP contribution in [0.4, 0.5) is 5.69 Å². The molecule has 1 heterocycles. The van der Waals surface area contributed by atoms with Crippen molar-refractivity contribution in [3.8, 4) is 5.75 Å². The Hall–Kier alpha value is -3.39. The number of aliphatic carboxylic acids is 1. The molecule has 1 amide bonds. The fraction of sp³-hybridized carbons (Fsp3) is 0.250. The van der Waals surface area contributed by atoms with E-state index in [2.05, 4.69) is 5.32 Å². The molecule has 2 unspecified atom stereocenters. The van der Waals surface area contributed by atoms with Crippen molar-refractivity contribution in [3.63, 3.8) is 0 Å². The van der Waals surface area contributed by atoms with Gasteiger partial charge in [0.05, 0.1) is 5.56 Å². The summed E-state index contributed by atoms with van der Waals surface area (Å²) in [5.41, 5.74) is 5.02. The monoisotopic (exact) mass is 382 g/mol. The molecule has 0 radical (unpaired) electrons. The minimum atomic E-state index is -2.32. The van der Waals surface area contributed by atoms with Gasteiger partial charge in [-0.15, -0.1) is 0 Å². The molecule has 28 heavy (non-hydrogen) atoms. The van der Waals surface area contributed by atoms with E-state index in [1.165, 1.54) is 12.1 Å². The number of hydrogen-bond donors (Lipinski definition) is 4. The number of anilines is 1. The van der Waals surface area contributed by atoms with Crippen LogP contribution >= 0.6 is 0 Å². The Morgan fingerprint density at radius 1 is 1.18 bits per heavy atom. The molecule has 2 aliphatic rings. The lowest BCUT2D eigenvalue weighted by Gasteiger charge is -2.33. The first-order valence-corrected chi connectivity index (χ1v) is 8.68. The second-order valence-corrected chi connectivity index (χ2v) is 7.26. The topological polar surface area (TPSA) is 139 Å². The van der Waals surface area contributed by atoms with Gasteiger partial charge in [0.25, 0.3) is 5.79 Å². The van der Waals surface area contributed by atoms with E-state index >= 15 is 0 Å². The van der Waals surface area contributed by atoms with Crippen LogP contribution < -0.4 is 15.8 Å². The van der Waals surface area contributed by atoms with Crippen LogP contribution in [0.5, 0.6) is 5.75 Å². The van der Waals surface area contributed by atoms with Crippen molar-refractivity contribution in [3.05, 3.63) is 58.7 Å². The number of nitrogens with two attached hydrogens (primary N) is 1. The molecule has 0 saturated heterocycles. The lowest BCUT2D eigenvalue weighted by Crippen LogP contribution is -2.61. The summed E-state index contributed by atoms with van der Waals surface area (Å²) < 4.78 is 5.82. The number of nitrogen functional groups attached to an aromatic ring is 1. The number of nitrogens with one attached hydrogen (secondary N) is 1. The Bertz CT molecular complexity index is 1060. The zero-order valence-corrected chi connectivity index (χ0v) is 15.1. The highest BCUT2D eigenvalue weighted by Crippen LogP contribution is 2.59. The summed E-state index contributed by atoms with van der Waals surface area (Å²) in [6.45, 7) is 3.94. The molecule has 0 fully saturated rings. The second-order valence-electron chi connectivity index (χ2n) is 7.26. The van der Waals surface area contributed by atoms with E-state index in [1.54, 1.807) is 24.3 Å². The third-order valence-corrected chi connectivity index (χ3v) is 5.37. The Balaban J connectivity index is 2.01. The number of carboxylic acid groups (broad SMARTS) is 1. The number of benzene rings is 2. The molecule has 2 atom stereocenters. The fourth-order valence-electron chi connectivity index (χ4n) is 3.97. The average molecular weight is 382 g/mol. The molecular formula is C20H18N2O6. The first kappa shape index (κ1) is 18.0. The largest absolute Gasteiger partial charge is 0.474 e. The van der Waals surface area contributed by atoms with Gasteiger partial charge in [-0.2, -0.15) is 0 Å². The minimum Gasteiger partial charge on any atom is -0.474 e. The molecule has 1 aliphatic carbocycles. The van der Waals surface area contributed by atoms with Gasteiger partial charge in [0.1, 0.15) is 5.75 Å². The number of fused-ring (bicyclic) bond motifs is 5. The normalized spacial score (nSPS) is 24.4. The van der Waals surface area contributed by atoms with Crippen molar-refractivity contribution in [2.24, 2.45) is 0 Å².